The van der Waals surface area contributed by atoms with Crippen molar-refractivity contribution < 1.29 is 78.1 Å². The Labute approximate surface area is 573 Å². The Morgan fingerprint density at radius 3 is 1.00 bits per heavy atom. The van der Waals surface area contributed by atoms with Gasteiger partial charge in [-0.3, -0.25) is 34.4 Å². The van der Waals surface area contributed by atoms with Crippen molar-refractivity contribution in [2.45, 2.75) is 65.6 Å². The summed E-state index contributed by atoms with van der Waals surface area (Å²) in [6, 6.07) is 62.4. The van der Waals surface area contributed by atoms with E-state index in [1.54, 1.807) is 63.8 Å². The highest BCUT2D eigenvalue weighted by molar-refractivity contribution is 6.74. The maximum Gasteiger partial charge on any atom is 0.337 e. The van der Waals surface area contributed by atoms with Gasteiger partial charge in [0.25, 0.3) is 29.5 Å². The molecule has 0 aliphatic rings. The van der Waals surface area contributed by atoms with Crippen LogP contribution in [0.3, 0.4) is 0 Å². The van der Waals surface area contributed by atoms with Gasteiger partial charge in [-0.25, -0.2) is 31.2 Å². The maximum atomic E-state index is 12.7. The van der Waals surface area contributed by atoms with Gasteiger partial charge in [-0.15, -0.1) is 0 Å². The summed E-state index contributed by atoms with van der Waals surface area (Å²) in [4.78, 5) is 98.2. The van der Waals surface area contributed by atoms with Gasteiger partial charge < -0.3 is 49.3 Å². The molecule has 0 aliphatic carbocycles. The number of carboxylic acid groups (broad SMARTS) is 1. The van der Waals surface area contributed by atoms with Crippen molar-refractivity contribution in [2.24, 2.45) is 5.90 Å². The summed E-state index contributed by atoms with van der Waals surface area (Å²) in [5.41, 5.74) is 9.51. The first-order chi connectivity index (χ1) is 47.0. The number of hydroxylamine groups is 2. The molecule has 0 fully saturated rings. The Morgan fingerprint density at radius 2 is 0.724 bits per heavy atom. The number of aromatic carboxylic acids is 1. The normalized spacial score (nSPS) is 10.3. The molecule has 0 aromatic heterocycles. The first kappa shape index (κ1) is 81.5. The molecule has 98 heavy (non-hydrogen) atoms. The molecule has 8 rings (SSSR count). The summed E-state index contributed by atoms with van der Waals surface area (Å²) < 4.78 is 15.2. The molecule has 0 bridgehead atoms. The lowest BCUT2D eigenvalue weighted by molar-refractivity contribution is 0.0591. The molecule has 24 heteroatoms. The summed E-state index contributed by atoms with van der Waals surface area (Å²) in [6.07, 6.45) is 1.70. The number of rotatable bonds is 22. The molecule has 0 atom stereocenters. The molecule has 0 heterocycles. The fourth-order valence-electron chi connectivity index (χ4n) is 8.55. The molecule has 10 N–H and O–H groups in total. The lowest BCUT2D eigenvalue weighted by atomic mass is 10.1. The van der Waals surface area contributed by atoms with Crippen molar-refractivity contribution in [1.82, 2.24) is 11.0 Å². The van der Waals surface area contributed by atoms with Crippen LogP contribution in [0.5, 0.6) is 0 Å². The Balaban J connectivity index is 0.000000320. The number of aliphatic hydroxyl groups is 1. The van der Waals surface area contributed by atoms with Crippen molar-refractivity contribution >= 4 is 78.5 Å². The minimum Gasteiger partial charge on any atom is -0.478 e. The van der Waals surface area contributed by atoms with Crippen molar-refractivity contribution in [3.05, 3.63) is 263 Å². The van der Waals surface area contributed by atoms with Crippen molar-refractivity contribution in [3.8, 4) is 0 Å². The van der Waals surface area contributed by atoms with E-state index in [1.165, 1.54) is 85.3 Å². The fourth-order valence-corrected chi connectivity index (χ4v) is 9.59. The molecule has 0 spiro atoms. The minimum atomic E-state index is -1.58. The number of methoxy groups -OCH3 is 2. The zero-order valence-electron chi connectivity index (χ0n) is 56.6. The third kappa shape index (κ3) is 26.5. The molecule has 8 aromatic rings. The molecule has 520 valence electrons. The van der Waals surface area contributed by atoms with E-state index in [4.69, 9.17) is 30.3 Å². The second-order valence-electron chi connectivity index (χ2n) is 22.5. The van der Waals surface area contributed by atoms with Crippen LogP contribution in [0.25, 0.3) is 0 Å². The Morgan fingerprint density at radius 1 is 0.439 bits per heavy atom. The Kier molecular flexibility index (Phi) is 36.1. The third-order valence-electron chi connectivity index (χ3n) is 14.7. The van der Waals surface area contributed by atoms with Crippen molar-refractivity contribution in [2.75, 3.05) is 73.6 Å². The second-order valence-corrected chi connectivity index (χ2v) is 27.3. The smallest absolute Gasteiger partial charge is 0.337 e. The quantitative estimate of drug-likeness (QED) is 0.0100. The van der Waals surface area contributed by atoms with Crippen LogP contribution >= 0.6 is 0 Å². The highest BCUT2D eigenvalue weighted by Crippen LogP contribution is 2.36. The van der Waals surface area contributed by atoms with Gasteiger partial charge >= 0.3 is 17.9 Å². The predicted molar refractivity (Wildman–Crippen MR) is 380 cm³/mol. The molecule has 23 nitrogen and oxygen atoms in total. The van der Waals surface area contributed by atoms with Gasteiger partial charge in [0.1, 0.15) is 0 Å². The van der Waals surface area contributed by atoms with Crippen LogP contribution in [0.2, 0.25) is 18.1 Å². The van der Waals surface area contributed by atoms with Crippen molar-refractivity contribution in [3.63, 3.8) is 0 Å². The number of carboxylic acids is 1. The molecule has 8 aromatic carbocycles. The standard InChI is InChI=1S/C18H19NO3.C17H18N2O3.C16H16N2O4.C14H25NOSi.C9H8O4.H3NO/c1-3-13-19(16-7-5-4-6-8-16)17(20)14-9-11-15(12-10-14)18(21)22-2;1-2-12-19(15-6-4-3-5-7-15)17(21)14-10-8-13(9-11-14)16(20)18-22;19-11-10-18(14-4-2-1-3-5-14)16(21)13-8-6-12(7-9-13)15(20)17-22;1-14(2,3)17(4,5)16-12-11-15-13-9-7-6-8-10-13;1-13-9(12)7-4-2-6(3-5-7)8(10)11;1-2/h4-12H,3,13H2,1-2H3;3-11,22H,2,12H2,1H3,(H,18,20);1-9,19,22H,10-11H2,(H,17,20);6-10,15H,11-12H2,1-5H3;2-5H,1H3,(H,10,11);2H,1H2. The lowest BCUT2D eigenvalue weighted by Crippen LogP contribution is -2.41. The van der Waals surface area contributed by atoms with E-state index in [-0.39, 0.29) is 42.0 Å². The average molecular weight is 1360 g/mol. The van der Waals surface area contributed by atoms with Gasteiger partial charge in [0.05, 0.1) is 44.1 Å². The number of anilines is 4. The minimum absolute atomic E-state index is 0.0792. The first-order valence-corrected chi connectivity index (χ1v) is 34.0. The van der Waals surface area contributed by atoms with Crippen LogP contribution in [-0.4, -0.2) is 135 Å². The topological polar surface area (TPSA) is 337 Å². The molecule has 5 amide bonds. The number of para-hydroxylation sites is 4. The number of hydrogen-bond acceptors (Lipinski definition) is 17. The highest BCUT2D eigenvalue weighted by Gasteiger charge is 2.37. The van der Waals surface area contributed by atoms with Crippen molar-refractivity contribution in [1.29, 1.82) is 0 Å². The molecule has 0 saturated carbocycles. The fraction of sp³-hybridized carbons (Fsp3) is 0.243. The summed E-state index contributed by atoms with van der Waals surface area (Å²) >= 11 is 0. The number of aliphatic hydroxyl groups excluding tert-OH is 1. The van der Waals surface area contributed by atoms with Gasteiger partial charge in [-0.2, -0.15) is 0 Å². The van der Waals surface area contributed by atoms with Gasteiger partial charge in [-0.1, -0.05) is 107 Å². The number of ether oxygens (including phenoxy) is 2. The Hall–Kier alpha value is -10.7. The predicted octanol–water partition coefficient (Wildman–Crippen LogP) is 12.5. The van der Waals surface area contributed by atoms with Crippen LogP contribution in [0.4, 0.5) is 22.7 Å². The maximum absolute atomic E-state index is 12.7. The number of nitrogens with one attached hydrogen (secondary N) is 3. The molecular formula is C74H89N7O16Si. The number of carbonyl (C=O) groups excluding carboxylic acids is 7. The van der Waals surface area contributed by atoms with E-state index >= 15 is 0 Å². The summed E-state index contributed by atoms with van der Waals surface area (Å²) in [6.45, 7) is 18.3. The number of nitrogens with zero attached hydrogens (tertiary/aromatic N) is 3. The summed E-state index contributed by atoms with van der Waals surface area (Å²) in [5, 5.41) is 45.1. The van der Waals surface area contributed by atoms with E-state index < -0.39 is 38.0 Å². The van der Waals surface area contributed by atoms with E-state index in [0.29, 0.717) is 57.2 Å². The number of amides is 5. The molecule has 0 radical (unpaired) electrons. The first-order valence-electron chi connectivity index (χ1n) is 31.1. The number of esters is 2. The monoisotopic (exact) mass is 1360 g/mol. The third-order valence-corrected chi connectivity index (χ3v) is 19.3. The van der Waals surface area contributed by atoms with Gasteiger partial charge in [0.15, 0.2) is 8.32 Å². The number of nitrogens with two attached hydrogens (primary N) is 1. The molecule has 0 saturated heterocycles. The van der Waals surface area contributed by atoms with Crippen LogP contribution < -0.4 is 36.9 Å². The van der Waals surface area contributed by atoms with Crippen LogP contribution in [0.15, 0.2) is 218 Å². The summed E-state index contributed by atoms with van der Waals surface area (Å²) in [7, 11) is 1.02. The lowest BCUT2D eigenvalue weighted by Gasteiger charge is -2.36. The summed E-state index contributed by atoms with van der Waals surface area (Å²) in [5.74, 6) is -0.132. The highest BCUT2D eigenvalue weighted by atomic mass is 28.4. The van der Waals surface area contributed by atoms with Crippen LogP contribution in [-0.2, 0) is 13.9 Å². The average Bonchev–Trinajstić information content (AvgIpc) is 0.856. The zero-order chi connectivity index (χ0) is 72.6. The molecule has 0 unspecified atom stereocenters. The van der Waals surface area contributed by atoms with Gasteiger partial charge in [-0.05, 0) is 177 Å². The van der Waals surface area contributed by atoms with Crippen LogP contribution in [0, 0.1) is 0 Å². The number of hydrogen-bond donors (Lipinski definition) is 9. The van der Waals surface area contributed by atoms with Gasteiger partial charge in [0, 0.05) is 76.7 Å². The largest absolute Gasteiger partial charge is 0.478 e. The number of carbonyl (C=O) groups is 8. The number of benzene rings is 8. The SMILES string of the molecule is CC(C)(C)[Si](C)(C)OCCNc1ccccc1.CCCN(C(=O)c1ccc(C(=O)NO)cc1)c1ccccc1.CCCN(C(=O)c1ccc(C(=O)OC)cc1)c1ccccc1.COC(=O)c1ccc(C(=O)O)cc1.NO.O=C(NO)c1ccc(C(=O)N(CCO)c2ccccc2)cc1. The van der Waals surface area contributed by atoms with E-state index in [0.717, 1.165) is 43.1 Å². The Bertz CT molecular complexity index is 3420. The molecule has 0 aliphatic heterocycles. The van der Waals surface area contributed by atoms with E-state index in [2.05, 4.69) is 66.7 Å². The van der Waals surface area contributed by atoms with Crippen LogP contribution in [0.1, 0.15) is 130 Å². The molecular weight excluding hydrogens is 1270 g/mol. The van der Waals surface area contributed by atoms with E-state index in [9.17, 15) is 38.4 Å². The second kappa shape index (κ2) is 43.4. The van der Waals surface area contributed by atoms with Gasteiger partial charge in [0.2, 0.25) is 0 Å². The van der Waals surface area contributed by atoms with E-state index in [1.807, 2.05) is 111 Å². The zero-order valence-corrected chi connectivity index (χ0v) is 57.6.